The Morgan fingerprint density at radius 3 is 1.70 bits per heavy atom. The molecular weight excluding hydrogens is 476 g/mol. The summed E-state index contributed by atoms with van der Waals surface area (Å²) in [6.07, 6.45) is 0.903. The number of sulfone groups is 1. The Balaban J connectivity index is 2.17. The molecule has 0 aliphatic heterocycles. The Labute approximate surface area is 188 Å². The van der Waals surface area contributed by atoms with E-state index in [4.69, 9.17) is 0 Å². The molecule has 0 saturated carbocycles. The van der Waals surface area contributed by atoms with Crippen LogP contribution in [0.2, 0.25) is 6.55 Å². The zero-order chi connectivity index (χ0) is 21.6. The van der Waals surface area contributed by atoms with Crippen molar-refractivity contribution in [3.8, 4) is 0 Å². The first-order valence-electron chi connectivity index (χ1n) is 9.92. The Morgan fingerprint density at radius 1 is 0.833 bits per heavy atom. The van der Waals surface area contributed by atoms with Crippen molar-refractivity contribution in [3.05, 3.63) is 91.0 Å². The summed E-state index contributed by atoms with van der Waals surface area (Å²) < 4.78 is 27.2. The molecule has 30 heavy (non-hydrogen) atoms. The number of hydrogen-bond donors (Lipinski definition) is 0. The van der Waals surface area contributed by atoms with Crippen LogP contribution in [0.5, 0.6) is 0 Å². The van der Waals surface area contributed by atoms with Crippen LogP contribution in [-0.4, -0.2) is 32.5 Å². The number of benzene rings is 3. The van der Waals surface area contributed by atoms with Crippen LogP contribution >= 0.6 is 15.9 Å². The molecule has 6 heteroatoms. The smallest absolute Gasteiger partial charge is 0.192 e. The summed E-state index contributed by atoms with van der Waals surface area (Å²) in [6, 6.07) is 27.6. The standard InChI is InChI=1S/C24H25BrO3SSi/c1-30(21-14-7-3-8-15-21,22-16-9-4-10-17-22)24(26)23(18-11-19-25)29(27,28)20-12-5-2-6-13-20/h2-10,12-17,23H,11,18-19H2,1H3. The lowest BCUT2D eigenvalue weighted by molar-refractivity contribution is -0.112. The molecule has 0 bridgehead atoms. The number of carbonyl (C=O) groups is 1. The molecule has 0 amide bonds. The van der Waals surface area contributed by atoms with E-state index in [2.05, 4.69) is 15.9 Å². The zero-order valence-electron chi connectivity index (χ0n) is 16.9. The van der Waals surface area contributed by atoms with Crippen molar-refractivity contribution in [2.75, 3.05) is 5.33 Å². The molecule has 0 saturated heterocycles. The van der Waals surface area contributed by atoms with Gasteiger partial charge in [0.2, 0.25) is 0 Å². The molecule has 0 aromatic heterocycles. The highest BCUT2D eigenvalue weighted by Gasteiger charge is 2.47. The molecule has 156 valence electrons. The van der Waals surface area contributed by atoms with Crippen LogP contribution in [0.15, 0.2) is 95.9 Å². The van der Waals surface area contributed by atoms with Crippen molar-refractivity contribution in [2.24, 2.45) is 0 Å². The van der Waals surface area contributed by atoms with Gasteiger partial charge in [-0.1, -0.05) is 101 Å². The zero-order valence-corrected chi connectivity index (χ0v) is 20.3. The maximum Gasteiger partial charge on any atom is 0.192 e. The highest BCUT2D eigenvalue weighted by atomic mass is 79.9. The summed E-state index contributed by atoms with van der Waals surface area (Å²) in [5.74, 6) is 0. The maximum atomic E-state index is 14.2. The predicted molar refractivity (Wildman–Crippen MR) is 129 cm³/mol. The van der Waals surface area contributed by atoms with Gasteiger partial charge in [-0.25, -0.2) is 8.42 Å². The third-order valence-electron chi connectivity index (χ3n) is 5.53. The van der Waals surface area contributed by atoms with Crippen molar-refractivity contribution in [1.82, 2.24) is 0 Å². The number of halogens is 1. The van der Waals surface area contributed by atoms with Crippen LogP contribution in [-0.2, 0) is 14.6 Å². The second kappa shape index (κ2) is 9.86. The van der Waals surface area contributed by atoms with Crippen LogP contribution in [0, 0.1) is 0 Å². The lowest BCUT2D eigenvalue weighted by Crippen LogP contribution is -2.66. The molecule has 0 spiro atoms. The van der Waals surface area contributed by atoms with Gasteiger partial charge in [0.25, 0.3) is 0 Å². The van der Waals surface area contributed by atoms with Gasteiger partial charge in [-0.05, 0) is 35.3 Å². The molecule has 0 heterocycles. The average molecular weight is 502 g/mol. The van der Waals surface area contributed by atoms with Gasteiger partial charge in [0.1, 0.15) is 10.7 Å². The van der Waals surface area contributed by atoms with Crippen molar-refractivity contribution in [2.45, 2.75) is 29.5 Å². The first-order valence-corrected chi connectivity index (χ1v) is 15.1. The molecule has 0 N–H and O–H groups in total. The largest absolute Gasteiger partial charge is 0.303 e. The van der Waals surface area contributed by atoms with Crippen LogP contribution in [0.3, 0.4) is 0 Å². The van der Waals surface area contributed by atoms with Crippen molar-refractivity contribution >= 4 is 49.6 Å². The Bertz CT molecular complexity index is 1030. The molecule has 3 aromatic carbocycles. The van der Waals surface area contributed by atoms with E-state index in [0.29, 0.717) is 18.2 Å². The Kier molecular flexibility index (Phi) is 7.44. The fourth-order valence-electron chi connectivity index (χ4n) is 3.78. The molecular formula is C24H25BrO3SSi. The SMILES string of the molecule is C[Si](C(=O)C(CCCBr)S(=O)(=O)c1ccccc1)(c1ccccc1)c1ccccc1. The van der Waals surface area contributed by atoms with Crippen molar-refractivity contribution < 1.29 is 13.2 Å². The van der Waals surface area contributed by atoms with Crippen molar-refractivity contribution in [1.29, 1.82) is 0 Å². The summed E-state index contributed by atoms with van der Waals surface area (Å²) in [7, 11) is -6.80. The van der Waals surface area contributed by atoms with Crippen molar-refractivity contribution in [3.63, 3.8) is 0 Å². The van der Waals surface area contributed by atoms with Crippen LogP contribution in [0.1, 0.15) is 12.8 Å². The molecule has 3 aromatic rings. The normalized spacial score (nSPS) is 13.0. The highest BCUT2D eigenvalue weighted by Crippen LogP contribution is 2.24. The van der Waals surface area contributed by atoms with E-state index in [1.165, 1.54) is 0 Å². The number of rotatable bonds is 9. The Morgan fingerprint density at radius 2 is 1.27 bits per heavy atom. The molecule has 1 atom stereocenters. The van der Waals surface area contributed by atoms with E-state index in [1.54, 1.807) is 30.3 Å². The number of alkyl halides is 1. The van der Waals surface area contributed by atoms with Gasteiger partial charge in [-0.15, -0.1) is 0 Å². The Hall–Kier alpha value is -2.02. The van der Waals surface area contributed by atoms with Crippen LogP contribution in [0.4, 0.5) is 0 Å². The van der Waals surface area contributed by atoms with Crippen LogP contribution in [0.25, 0.3) is 0 Å². The molecule has 1 unspecified atom stereocenters. The summed E-state index contributed by atoms with van der Waals surface area (Å²) in [6.45, 7) is 1.97. The van der Waals surface area contributed by atoms with Gasteiger partial charge >= 0.3 is 0 Å². The van der Waals surface area contributed by atoms with Crippen LogP contribution < -0.4 is 10.4 Å². The topological polar surface area (TPSA) is 51.2 Å². The molecule has 0 aliphatic rings. The molecule has 3 nitrogen and oxygen atoms in total. The monoisotopic (exact) mass is 500 g/mol. The lowest BCUT2D eigenvalue weighted by atomic mass is 10.3. The quantitative estimate of drug-likeness (QED) is 0.329. The van der Waals surface area contributed by atoms with Gasteiger partial charge in [-0.2, -0.15) is 0 Å². The first-order chi connectivity index (χ1) is 14.4. The summed E-state index contributed by atoms with van der Waals surface area (Å²) in [4.78, 5) is 14.4. The van der Waals surface area contributed by atoms with Gasteiger partial charge in [0.15, 0.2) is 17.9 Å². The van der Waals surface area contributed by atoms with Gasteiger partial charge in [0, 0.05) is 5.33 Å². The third-order valence-corrected chi connectivity index (χ3v) is 12.7. The van der Waals surface area contributed by atoms with E-state index in [1.807, 2.05) is 67.2 Å². The summed E-state index contributed by atoms with van der Waals surface area (Å²) in [5, 5.41) is 1.26. The average Bonchev–Trinajstić information content (AvgIpc) is 2.80. The number of hydrogen-bond acceptors (Lipinski definition) is 3. The third kappa shape index (κ3) is 4.51. The molecule has 0 radical (unpaired) electrons. The van der Waals surface area contributed by atoms with E-state index in [-0.39, 0.29) is 10.3 Å². The number of carbonyl (C=O) groups excluding carboxylic acids is 1. The molecule has 3 rings (SSSR count). The lowest BCUT2D eigenvalue weighted by Gasteiger charge is -2.31. The summed E-state index contributed by atoms with van der Waals surface area (Å²) >= 11 is 3.40. The van der Waals surface area contributed by atoms with E-state index in [0.717, 1.165) is 10.4 Å². The minimum absolute atomic E-state index is 0.162. The van der Waals surface area contributed by atoms with Gasteiger partial charge in [0.05, 0.1) is 4.90 Å². The minimum Gasteiger partial charge on any atom is -0.303 e. The van der Waals surface area contributed by atoms with Gasteiger partial charge < -0.3 is 4.79 Å². The second-order valence-corrected chi connectivity index (χ2v) is 14.2. The predicted octanol–water partition coefficient (Wildman–Crippen LogP) is 4.01. The highest BCUT2D eigenvalue weighted by molar-refractivity contribution is 9.09. The van der Waals surface area contributed by atoms with E-state index < -0.39 is 23.2 Å². The van der Waals surface area contributed by atoms with E-state index >= 15 is 0 Å². The molecule has 0 fully saturated rings. The summed E-state index contributed by atoms with van der Waals surface area (Å²) in [5.41, 5.74) is 0. The van der Waals surface area contributed by atoms with Gasteiger partial charge in [-0.3, -0.25) is 0 Å². The fraction of sp³-hybridized carbons (Fsp3) is 0.208. The maximum absolute atomic E-state index is 14.2. The minimum atomic E-state index is -3.81. The second-order valence-electron chi connectivity index (χ2n) is 7.40. The fourth-order valence-corrected chi connectivity index (χ4v) is 10.3. The first kappa shape index (κ1) is 22.7. The molecule has 0 aliphatic carbocycles. The van der Waals surface area contributed by atoms with E-state index in [9.17, 15) is 13.2 Å².